The summed E-state index contributed by atoms with van der Waals surface area (Å²) in [5.41, 5.74) is 1.19. The van der Waals surface area contributed by atoms with Gasteiger partial charge in [-0.05, 0) is 24.6 Å². The average molecular weight is 302 g/mol. The van der Waals surface area contributed by atoms with E-state index in [4.69, 9.17) is 9.47 Å². The zero-order valence-electron chi connectivity index (χ0n) is 10.2. The molecule has 0 unspecified atom stereocenters. The van der Waals surface area contributed by atoms with Gasteiger partial charge in [-0.15, -0.1) is 0 Å². The van der Waals surface area contributed by atoms with Crippen molar-refractivity contribution in [3.8, 4) is 0 Å². The zero-order valence-corrected chi connectivity index (χ0v) is 11.8. The Morgan fingerprint density at radius 1 is 1.18 bits per heavy atom. The molecule has 0 saturated heterocycles. The number of hydrogen-bond acceptors (Lipinski definition) is 3. The number of halogens is 1. The lowest BCUT2D eigenvalue weighted by molar-refractivity contribution is 0.117. The van der Waals surface area contributed by atoms with Gasteiger partial charge in [-0.25, -0.2) is 0 Å². The first-order valence-electron chi connectivity index (χ1n) is 5.85. The summed E-state index contributed by atoms with van der Waals surface area (Å²) in [5, 5.41) is 3.28. The molecule has 4 heteroatoms. The van der Waals surface area contributed by atoms with Gasteiger partial charge >= 0.3 is 0 Å². The summed E-state index contributed by atoms with van der Waals surface area (Å²) in [5.74, 6) is 0. The highest BCUT2D eigenvalue weighted by molar-refractivity contribution is 9.10. The maximum Gasteiger partial charge on any atom is 0.0727 e. The molecule has 1 rings (SSSR count). The van der Waals surface area contributed by atoms with Crippen LogP contribution < -0.4 is 5.32 Å². The smallest absolute Gasteiger partial charge is 0.0727 e. The van der Waals surface area contributed by atoms with Crippen LogP contribution in [-0.4, -0.2) is 33.4 Å². The molecule has 1 N–H and O–H groups in total. The molecule has 0 aromatic heterocycles. The molecule has 0 saturated carbocycles. The molecule has 0 bridgehead atoms. The fourth-order valence-corrected chi connectivity index (χ4v) is 1.80. The van der Waals surface area contributed by atoms with Gasteiger partial charge in [0.15, 0.2) is 0 Å². The van der Waals surface area contributed by atoms with Gasteiger partial charge in [-0.2, -0.15) is 0 Å². The van der Waals surface area contributed by atoms with Crippen molar-refractivity contribution in [1.29, 1.82) is 0 Å². The number of rotatable bonds is 9. The molecule has 3 nitrogen and oxygen atoms in total. The van der Waals surface area contributed by atoms with E-state index in [1.165, 1.54) is 5.56 Å². The molecule has 0 fully saturated rings. The highest BCUT2D eigenvalue weighted by Crippen LogP contribution is 2.16. The Kier molecular flexibility index (Phi) is 8.26. The molecule has 1 aromatic carbocycles. The summed E-state index contributed by atoms with van der Waals surface area (Å²) in [6.07, 6.45) is 1.02. The minimum Gasteiger partial charge on any atom is -0.383 e. The minimum absolute atomic E-state index is 0.666. The Hall–Kier alpha value is -0.420. The van der Waals surface area contributed by atoms with Crippen LogP contribution in [0.15, 0.2) is 28.7 Å². The van der Waals surface area contributed by atoms with Gasteiger partial charge in [0, 0.05) is 24.7 Å². The number of nitrogens with one attached hydrogen (secondary N) is 1. The molecule has 0 aliphatic carbocycles. The van der Waals surface area contributed by atoms with Crippen molar-refractivity contribution in [2.24, 2.45) is 0 Å². The van der Waals surface area contributed by atoms with Gasteiger partial charge in [0.25, 0.3) is 0 Å². The minimum atomic E-state index is 0.666. The van der Waals surface area contributed by atoms with E-state index in [2.05, 4.69) is 27.3 Å². The molecule has 1 aromatic rings. The highest BCUT2D eigenvalue weighted by atomic mass is 79.9. The molecule has 0 atom stereocenters. The summed E-state index contributed by atoms with van der Waals surface area (Å²) < 4.78 is 11.7. The van der Waals surface area contributed by atoms with Crippen molar-refractivity contribution in [2.45, 2.75) is 13.0 Å². The molecule has 17 heavy (non-hydrogen) atoms. The zero-order chi connectivity index (χ0) is 12.3. The summed E-state index contributed by atoms with van der Waals surface area (Å²) >= 11 is 3.50. The Balaban J connectivity index is 1.99. The van der Waals surface area contributed by atoms with Crippen LogP contribution in [0.1, 0.15) is 12.0 Å². The van der Waals surface area contributed by atoms with Crippen molar-refractivity contribution in [2.75, 3.05) is 33.4 Å². The first kappa shape index (κ1) is 14.6. The summed E-state index contributed by atoms with van der Waals surface area (Å²) in [4.78, 5) is 0. The van der Waals surface area contributed by atoms with Gasteiger partial charge < -0.3 is 14.8 Å². The monoisotopic (exact) mass is 301 g/mol. The van der Waals surface area contributed by atoms with Crippen LogP contribution in [0.3, 0.4) is 0 Å². The Labute approximate surface area is 112 Å². The second-order valence-corrected chi connectivity index (χ2v) is 4.59. The molecule has 0 spiro atoms. The van der Waals surface area contributed by atoms with E-state index in [1.54, 1.807) is 7.11 Å². The second-order valence-electron chi connectivity index (χ2n) is 3.74. The Bertz CT molecular complexity index is 307. The fourth-order valence-electron chi connectivity index (χ4n) is 1.40. The average Bonchev–Trinajstić information content (AvgIpc) is 2.35. The molecular weight excluding hydrogens is 282 g/mol. The number of ether oxygens (including phenoxy) is 2. The predicted molar refractivity (Wildman–Crippen MR) is 73.2 cm³/mol. The maximum absolute atomic E-state index is 5.61. The third-order valence-electron chi connectivity index (χ3n) is 2.34. The second kappa shape index (κ2) is 9.59. The van der Waals surface area contributed by atoms with Crippen LogP contribution in [0.5, 0.6) is 0 Å². The molecule has 0 aliphatic rings. The Morgan fingerprint density at radius 2 is 2.00 bits per heavy atom. The van der Waals surface area contributed by atoms with E-state index in [0.29, 0.717) is 6.61 Å². The third kappa shape index (κ3) is 6.78. The maximum atomic E-state index is 5.61. The first-order chi connectivity index (χ1) is 8.34. The molecule has 0 amide bonds. The lowest BCUT2D eigenvalue weighted by Crippen LogP contribution is -2.21. The van der Waals surface area contributed by atoms with Crippen LogP contribution in [0.2, 0.25) is 0 Å². The number of hydrogen-bond donors (Lipinski definition) is 1. The van der Waals surface area contributed by atoms with Crippen LogP contribution in [0.4, 0.5) is 0 Å². The standard InChI is InChI=1S/C13H20BrNO2/c1-16-10-8-15-7-4-9-17-11-12-5-2-3-6-13(12)14/h2-3,5-6,15H,4,7-11H2,1H3. The van der Waals surface area contributed by atoms with Crippen LogP contribution in [0.25, 0.3) is 0 Å². The molecule has 0 heterocycles. The van der Waals surface area contributed by atoms with E-state index >= 15 is 0 Å². The number of methoxy groups -OCH3 is 1. The van der Waals surface area contributed by atoms with E-state index in [9.17, 15) is 0 Å². The van der Waals surface area contributed by atoms with Gasteiger partial charge in [0.05, 0.1) is 13.2 Å². The quantitative estimate of drug-likeness (QED) is 0.711. The van der Waals surface area contributed by atoms with Crippen molar-refractivity contribution in [3.05, 3.63) is 34.3 Å². The van der Waals surface area contributed by atoms with Gasteiger partial charge in [0.2, 0.25) is 0 Å². The van der Waals surface area contributed by atoms with Crippen LogP contribution in [-0.2, 0) is 16.1 Å². The summed E-state index contributed by atoms with van der Waals surface area (Å²) in [6, 6.07) is 8.13. The summed E-state index contributed by atoms with van der Waals surface area (Å²) in [6.45, 7) is 4.08. The van der Waals surface area contributed by atoms with Crippen molar-refractivity contribution < 1.29 is 9.47 Å². The van der Waals surface area contributed by atoms with Gasteiger partial charge in [0.1, 0.15) is 0 Å². The van der Waals surface area contributed by atoms with E-state index in [-0.39, 0.29) is 0 Å². The normalized spacial score (nSPS) is 10.7. The molecular formula is C13H20BrNO2. The molecule has 96 valence electrons. The molecule has 0 radical (unpaired) electrons. The topological polar surface area (TPSA) is 30.5 Å². The van der Waals surface area contributed by atoms with E-state index < -0.39 is 0 Å². The first-order valence-corrected chi connectivity index (χ1v) is 6.64. The van der Waals surface area contributed by atoms with E-state index in [0.717, 1.165) is 37.2 Å². The lowest BCUT2D eigenvalue weighted by Gasteiger charge is -2.07. The SMILES string of the molecule is COCCNCCCOCc1ccccc1Br. The summed E-state index contributed by atoms with van der Waals surface area (Å²) in [7, 11) is 1.71. The van der Waals surface area contributed by atoms with Crippen molar-refractivity contribution >= 4 is 15.9 Å². The van der Waals surface area contributed by atoms with E-state index in [1.807, 2.05) is 18.2 Å². The van der Waals surface area contributed by atoms with Crippen molar-refractivity contribution in [1.82, 2.24) is 5.32 Å². The largest absolute Gasteiger partial charge is 0.383 e. The van der Waals surface area contributed by atoms with Gasteiger partial charge in [-0.3, -0.25) is 0 Å². The molecule has 0 aliphatic heterocycles. The highest BCUT2D eigenvalue weighted by Gasteiger charge is 1.97. The Morgan fingerprint density at radius 3 is 2.76 bits per heavy atom. The fraction of sp³-hybridized carbons (Fsp3) is 0.538. The third-order valence-corrected chi connectivity index (χ3v) is 3.11. The number of benzene rings is 1. The van der Waals surface area contributed by atoms with Gasteiger partial charge in [-0.1, -0.05) is 34.1 Å². The lowest BCUT2D eigenvalue weighted by atomic mass is 10.2. The van der Waals surface area contributed by atoms with Crippen molar-refractivity contribution in [3.63, 3.8) is 0 Å². The predicted octanol–water partition coefficient (Wildman–Crippen LogP) is 2.59. The van der Waals surface area contributed by atoms with Crippen LogP contribution >= 0.6 is 15.9 Å². The van der Waals surface area contributed by atoms with Crippen LogP contribution in [0, 0.1) is 0 Å².